The molecule has 0 unspecified atom stereocenters. The maximum Gasteiger partial charge on any atom is 0.266 e. The van der Waals surface area contributed by atoms with Crippen LogP contribution in [0.2, 0.25) is 0 Å². The number of hydrogen-bond donors (Lipinski definition) is 5. The van der Waals surface area contributed by atoms with E-state index in [0.29, 0.717) is 32.7 Å². The third-order valence-corrected chi connectivity index (χ3v) is 4.49. The van der Waals surface area contributed by atoms with Crippen LogP contribution in [0.4, 0.5) is 0 Å². The van der Waals surface area contributed by atoms with Gasteiger partial charge in [-0.2, -0.15) is 8.42 Å². The summed E-state index contributed by atoms with van der Waals surface area (Å²) in [6.07, 6.45) is 0. The summed E-state index contributed by atoms with van der Waals surface area (Å²) in [5.41, 5.74) is 0. The highest BCUT2D eigenvalue weighted by molar-refractivity contribution is 7.85. The van der Waals surface area contributed by atoms with Gasteiger partial charge < -0.3 is 20.4 Å². The SMILES string of the molecule is O=S(=O)(O)CCN1CCN(CCO)CC1.OCCN(CCO)CCO. The highest BCUT2D eigenvalue weighted by Gasteiger charge is 2.17. The van der Waals surface area contributed by atoms with Crippen molar-refractivity contribution in [2.24, 2.45) is 0 Å². The monoisotopic (exact) mass is 387 g/mol. The first-order chi connectivity index (χ1) is 11.9. The molecule has 25 heavy (non-hydrogen) atoms. The van der Waals surface area contributed by atoms with Crippen molar-refractivity contribution in [2.75, 3.05) is 91.1 Å². The molecule has 0 radical (unpaired) electrons. The summed E-state index contributed by atoms with van der Waals surface area (Å²) in [5, 5.41) is 34.2. The molecule has 1 aliphatic heterocycles. The molecule has 1 fully saturated rings. The number of aliphatic hydroxyl groups is 4. The molecular weight excluding hydrogens is 354 g/mol. The van der Waals surface area contributed by atoms with Gasteiger partial charge in [0.15, 0.2) is 0 Å². The van der Waals surface area contributed by atoms with Gasteiger partial charge in [-0.1, -0.05) is 0 Å². The van der Waals surface area contributed by atoms with Crippen molar-refractivity contribution >= 4 is 10.1 Å². The Hall–Kier alpha value is -0.370. The highest BCUT2D eigenvalue weighted by Crippen LogP contribution is 2.01. The second kappa shape index (κ2) is 14.8. The van der Waals surface area contributed by atoms with E-state index in [1.54, 1.807) is 4.90 Å². The van der Waals surface area contributed by atoms with Crippen LogP contribution in [0.25, 0.3) is 0 Å². The third kappa shape index (κ3) is 14.5. The first-order valence-electron chi connectivity index (χ1n) is 8.42. The molecule has 10 nitrogen and oxygen atoms in total. The van der Waals surface area contributed by atoms with E-state index in [4.69, 9.17) is 25.0 Å². The Bertz CT molecular complexity index is 389. The van der Waals surface area contributed by atoms with Crippen LogP contribution in [0.3, 0.4) is 0 Å². The normalized spacial score (nSPS) is 16.7. The first-order valence-corrected chi connectivity index (χ1v) is 10.0. The summed E-state index contributed by atoms with van der Waals surface area (Å²) in [5.74, 6) is -0.201. The molecule has 0 saturated carbocycles. The van der Waals surface area contributed by atoms with E-state index >= 15 is 0 Å². The highest BCUT2D eigenvalue weighted by atomic mass is 32.2. The van der Waals surface area contributed by atoms with Crippen LogP contribution >= 0.6 is 0 Å². The lowest BCUT2D eigenvalue weighted by molar-refractivity contribution is 0.116. The van der Waals surface area contributed by atoms with Crippen molar-refractivity contribution in [1.29, 1.82) is 0 Å². The van der Waals surface area contributed by atoms with Gasteiger partial charge in [-0.15, -0.1) is 0 Å². The maximum absolute atomic E-state index is 10.5. The summed E-state index contributed by atoms with van der Waals surface area (Å²) in [6.45, 7) is 6.22. The van der Waals surface area contributed by atoms with Gasteiger partial charge in [0.2, 0.25) is 0 Å². The van der Waals surface area contributed by atoms with E-state index in [2.05, 4.69) is 4.90 Å². The lowest BCUT2D eigenvalue weighted by atomic mass is 10.3. The Morgan fingerprint density at radius 1 is 0.720 bits per heavy atom. The molecule has 152 valence electrons. The summed E-state index contributed by atoms with van der Waals surface area (Å²) < 4.78 is 29.6. The minimum absolute atomic E-state index is 0.0694. The van der Waals surface area contributed by atoms with Crippen LogP contribution in [0.1, 0.15) is 0 Å². The van der Waals surface area contributed by atoms with Gasteiger partial charge in [0, 0.05) is 58.9 Å². The number of hydrogen-bond acceptors (Lipinski definition) is 9. The predicted molar refractivity (Wildman–Crippen MR) is 94.1 cm³/mol. The lowest BCUT2D eigenvalue weighted by Gasteiger charge is -2.33. The lowest BCUT2D eigenvalue weighted by Crippen LogP contribution is -2.48. The van der Waals surface area contributed by atoms with Gasteiger partial charge in [0.1, 0.15) is 0 Å². The smallest absolute Gasteiger partial charge is 0.266 e. The average molecular weight is 387 g/mol. The molecular formula is C14H33N3O7S. The van der Waals surface area contributed by atoms with Crippen molar-refractivity contribution in [3.8, 4) is 0 Å². The van der Waals surface area contributed by atoms with Crippen LogP contribution in [0.15, 0.2) is 0 Å². The molecule has 0 atom stereocenters. The van der Waals surface area contributed by atoms with Crippen LogP contribution in [-0.4, -0.2) is 139 Å². The summed E-state index contributed by atoms with van der Waals surface area (Å²) in [4.78, 5) is 5.92. The fraction of sp³-hybridized carbons (Fsp3) is 1.00. The van der Waals surface area contributed by atoms with E-state index < -0.39 is 10.1 Å². The molecule has 1 aliphatic rings. The van der Waals surface area contributed by atoms with Gasteiger partial charge >= 0.3 is 0 Å². The number of piperazine rings is 1. The standard InChI is InChI=1S/C8H18N2O4S.C6H15NO3/c11-7-5-9-1-3-10(4-2-9)6-8-15(12,13)14;8-4-1-7(2-5-9)3-6-10/h11H,1-8H2,(H,12,13,14);8-10H,1-6H2. The Balaban J connectivity index is 0.000000504. The van der Waals surface area contributed by atoms with Gasteiger partial charge in [-0.25, -0.2) is 0 Å². The molecule has 0 aromatic rings. The Labute approximate surface area is 150 Å². The third-order valence-electron chi connectivity index (χ3n) is 3.80. The van der Waals surface area contributed by atoms with Crippen molar-refractivity contribution in [3.63, 3.8) is 0 Å². The fourth-order valence-corrected chi connectivity index (χ4v) is 2.87. The van der Waals surface area contributed by atoms with Crippen LogP contribution in [0.5, 0.6) is 0 Å². The van der Waals surface area contributed by atoms with E-state index in [1.165, 1.54) is 0 Å². The minimum atomic E-state index is -3.84. The molecule has 0 bridgehead atoms. The van der Waals surface area contributed by atoms with E-state index in [-0.39, 0.29) is 32.2 Å². The molecule has 5 N–H and O–H groups in total. The van der Waals surface area contributed by atoms with E-state index in [0.717, 1.165) is 26.2 Å². The van der Waals surface area contributed by atoms with Crippen molar-refractivity contribution in [2.45, 2.75) is 0 Å². The quantitative estimate of drug-likeness (QED) is 0.229. The van der Waals surface area contributed by atoms with Crippen LogP contribution in [-0.2, 0) is 10.1 Å². The zero-order valence-electron chi connectivity index (χ0n) is 14.7. The summed E-state index contributed by atoms with van der Waals surface area (Å²) >= 11 is 0. The summed E-state index contributed by atoms with van der Waals surface area (Å²) in [6, 6.07) is 0. The predicted octanol–water partition coefficient (Wildman–Crippen LogP) is -3.25. The zero-order valence-corrected chi connectivity index (χ0v) is 15.5. The Kier molecular flexibility index (Phi) is 14.5. The van der Waals surface area contributed by atoms with Gasteiger partial charge in [-0.05, 0) is 0 Å². The molecule has 0 aromatic carbocycles. The van der Waals surface area contributed by atoms with Gasteiger partial charge in [0.05, 0.1) is 32.2 Å². The topological polar surface area (TPSA) is 145 Å². The van der Waals surface area contributed by atoms with Crippen LogP contribution < -0.4 is 0 Å². The fourth-order valence-electron chi connectivity index (χ4n) is 2.38. The van der Waals surface area contributed by atoms with Crippen molar-refractivity contribution in [1.82, 2.24) is 14.7 Å². The molecule has 1 saturated heterocycles. The molecule has 11 heteroatoms. The number of β-amino-alcohol motifs (C(OH)–C–C–N with tert-alkyl or cyclic N) is 1. The number of aliphatic hydroxyl groups excluding tert-OH is 4. The van der Waals surface area contributed by atoms with Crippen molar-refractivity contribution < 1.29 is 33.4 Å². The second-order valence-corrected chi connectivity index (χ2v) is 7.28. The molecule has 0 aliphatic carbocycles. The van der Waals surface area contributed by atoms with Crippen molar-refractivity contribution in [3.05, 3.63) is 0 Å². The Morgan fingerprint density at radius 2 is 1.12 bits per heavy atom. The summed E-state index contributed by atoms with van der Waals surface area (Å²) in [7, 11) is -3.84. The van der Waals surface area contributed by atoms with E-state index in [1.807, 2.05) is 4.90 Å². The minimum Gasteiger partial charge on any atom is -0.395 e. The molecule has 0 spiro atoms. The van der Waals surface area contributed by atoms with Gasteiger partial charge in [0.25, 0.3) is 10.1 Å². The molecule has 1 heterocycles. The number of nitrogens with zero attached hydrogens (tertiary/aromatic N) is 3. The largest absolute Gasteiger partial charge is 0.395 e. The molecule has 1 rings (SSSR count). The average Bonchev–Trinajstić information content (AvgIpc) is 2.55. The zero-order chi connectivity index (χ0) is 19.1. The van der Waals surface area contributed by atoms with Crippen LogP contribution in [0, 0.1) is 0 Å². The van der Waals surface area contributed by atoms with Gasteiger partial charge in [-0.3, -0.25) is 19.3 Å². The van der Waals surface area contributed by atoms with E-state index in [9.17, 15) is 8.42 Å². The molecule has 0 amide bonds. The number of rotatable bonds is 11. The maximum atomic E-state index is 10.5. The molecule has 0 aromatic heterocycles. The second-order valence-electron chi connectivity index (χ2n) is 5.71. The Morgan fingerprint density at radius 3 is 1.44 bits per heavy atom. The first kappa shape index (κ1) is 24.6.